The van der Waals surface area contributed by atoms with E-state index in [1.54, 1.807) is 18.6 Å². The standard InChI is InChI=1S/C10H7IN2O/c11-8-1-3-9(4-2-8)14-10-7-12-5-6-13-10/h1-7H. The van der Waals surface area contributed by atoms with Crippen LogP contribution >= 0.6 is 22.6 Å². The Labute approximate surface area is 95.3 Å². The minimum absolute atomic E-state index is 0.508. The second kappa shape index (κ2) is 4.36. The van der Waals surface area contributed by atoms with Gasteiger partial charge in [-0.3, -0.25) is 4.98 Å². The van der Waals surface area contributed by atoms with E-state index in [-0.39, 0.29) is 0 Å². The molecule has 1 aromatic carbocycles. The number of aromatic nitrogens is 2. The molecule has 0 spiro atoms. The number of rotatable bonds is 2. The topological polar surface area (TPSA) is 35.0 Å². The Morgan fingerprint density at radius 1 is 1.07 bits per heavy atom. The minimum atomic E-state index is 0.508. The van der Waals surface area contributed by atoms with Crippen LogP contribution in [0, 0.1) is 3.57 Å². The number of hydrogen-bond donors (Lipinski definition) is 0. The van der Waals surface area contributed by atoms with Crippen LogP contribution in [0.1, 0.15) is 0 Å². The van der Waals surface area contributed by atoms with Crippen molar-refractivity contribution in [3.8, 4) is 11.6 Å². The number of benzene rings is 1. The summed E-state index contributed by atoms with van der Waals surface area (Å²) in [5.74, 6) is 1.28. The Kier molecular flexibility index (Phi) is 2.93. The van der Waals surface area contributed by atoms with Crippen molar-refractivity contribution in [2.24, 2.45) is 0 Å². The molecule has 0 saturated carbocycles. The van der Waals surface area contributed by atoms with Gasteiger partial charge in [0, 0.05) is 16.0 Å². The van der Waals surface area contributed by atoms with Crippen LogP contribution in [0.25, 0.3) is 0 Å². The van der Waals surface area contributed by atoms with Gasteiger partial charge in [0.05, 0.1) is 6.20 Å². The van der Waals surface area contributed by atoms with Crippen LogP contribution in [-0.4, -0.2) is 9.97 Å². The average molecular weight is 298 g/mol. The van der Waals surface area contributed by atoms with Crippen molar-refractivity contribution in [2.45, 2.75) is 0 Å². The summed E-state index contributed by atoms with van der Waals surface area (Å²) in [4.78, 5) is 7.92. The molecule has 0 aliphatic carbocycles. The Balaban J connectivity index is 2.16. The zero-order valence-corrected chi connectivity index (χ0v) is 9.38. The van der Waals surface area contributed by atoms with E-state index in [0.717, 1.165) is 5.75 Å². The van der Waals surface area contributed by atoms with E-state index in [1.807, 2.05) is 24.3 Å². The van der Waals surface area contributed by atoms with E-state index in [2.05, 4.69) is 32.6 Å². The summed E-state index contributed by atoms with van der Waals surface area (Å²) in [5.41, 5.74) is 0. The highest BCUT2D eigenvalue weighted by Gasteiger charge is 1.96. The van der Waals surface area contributed by atoms with Gasteiger partial charge in [-0.15, -0.1) is 0 Å². The fraction of sp³-hybridized carbons (Fsp3) is 0. The quantitative estimate of drug-likeness (QED) is 0.800. The normalized spacial score (nSPS) is 9.79. The SMILES string of the molecule is Ic1ccc(Oc2cnccn2)cc1. The third kappa shape index (κ3) is 2.41. The fourth-order valence-electron chi connectivity index (χ4n) is 0.962. The predicted octanol–water partition coefficient (Wildman–Crippen LogP) is 2.87. The summed E-state index contributed by atoms with van der Waals surface area (Å²) >= 11 is 2.24. The van der Waals surface area contributed by atoms with Gasteiger partial charge in [-0.05, 0) is 46.9 Å². The van der Waals surface area contributed by atoms with E-state index < -0.39 is 0 Å². The molecule has 0 aliphatic heterocycles. The van der Waals surface area contributed by atoms with Crippen molar-refractivity contribution in [1.82, 2.24) is 9.97 Å². The maximum absolute atomic E-state index is 5.46. The van der Waals surface area contributed by atoms with Crippen molar-refractivity contribution in [3.63, 3.8) is 0 Å². The van der Waals surface area contributed by atoms with Crippen molar-refractivity contribution < 1.29 is 4.74 Å². The molecule has 0 N–H and O–H groups in total. The van der Waals surface area contributed by atoms with Crippen molar-refractivity contribution >= 4 is 22.6 Å². The number of hydrogen-bond acceptors (Lipinski definition) is 3. The molecular weight excluding hydrogens is 291 g/mol. The average Bonchev–Trinajstić information content (AvgIpc) is 2.23. The van der Waals surface area contributed by atoms with E-state index in [0.29, 0.717) is 5.88 Å². The van der Waals surface area contributed by atoms with E-state index in [1.165, 1.54) is 3.57 Å². The molecule has 0 saturated heterocycles. The Morgan fingerprint density at radius 2 is 1.86 bits per heavy atom. The van der Waals surface area contributed by atoms with E-state index >= 15 is 0 Å². The first kappa shape index (κ1) is 9.39. The molecule has 3 nitrogen and oxygen atoms in total. The first-order valence-corrected chi connectivity index (χ1v) is 5.12. The molecule has 0 fully saturated rings. The summed E-state index contributed by atoms with van der Waals surface area (Å²) in [6.45, 7) is 0. The van der Waals surface area contributed by atoms with Crippen LogP contribution in [0.4, 0.5) is 0 Å². The van der Waals surface area contributed by atoms with Gasteiger partial charge in [0.25, 0.3) is 0 Å². The molecule has 1 aromatic heterocycles. The molecule has 70 valence electrons. The Bertz CT molecular complexity index is 402. The van der Waals surface area contributed by atoms with Crippen molar-refractivity contribution in [3.05, 3.63) is 46.4 Å². The molecule has 0 atom stereocenters. The van der Waals surface area contributed by atoms with E-state index in [4.69, 9.17) is 4.74 Å². The first-order valence-electron chi connectivity index (χ1n) is 4.04. The molecule has 4 heteroatoms. The maximum atomic E-state index is 5.46. The summed E-state index contributed by atoms with van der Waals surface area (Å²) < 4.78 is 6.63. The number of halogens is 1. The van der Waals surface area contributed by atoms with Gasteiger partial charge in [0.2, 0.25) is 5.88 Å². The highest BCUT2D eigenvalue weighted by molar-refractivity contribution is 14.1. The summed E-state index contributed by atoms with van der Waals surface area (Å²) in [5, 5.41) is 0. The monoisotopic (exact) mass is 298 g/mol. The molecule has 1 heterocycles. The summed E-state index contributed by atoms with van der Waals surface area (Å²) in [6, 6.07) is 7.76. The second-order valence-corrected chi connectivity index (χ2v) is 3.85. The Hall–Kier alpha value is -1.17. The fourth-order valence-corrected chi connectivity index (χ4v) is 1.32. The zero-order chi connectivity index (χ0) is 9.80. The lowest BCUT2D eigenvalue weighted by Gasteiger charge is -2.02. The van der Waals surface area contributed by atoms with Crippen LogP contribution in [0.15, 0.2) is 42.9 Å². The molecule has 0 radical (unpaired) electrons. The maximum Gasteiger partial charge on any atom is 0.237 e. The molecule has 0 aliphatic rings. The lowest BCUT2D eigenvalue weighted by molar-refractivity contribution is 0.460. The smallest absolute Gasteiger partial charge is 0.237 e. The van der Waals surface area contributed by atoms with Crippen molar-refractivity contribution in [1.29, 1.82) is 0 Å². The number of nitrogens with zero attached hydrogens (tertiary/aromatic N) is 2. The van der Waals surface area contributed by atoms with Crippen LogP contribution in [0.5, 0.6) is 11.6 Å². The van der Waals surface area contributed by atoms with Crippen LogP contribution < -0.4 is 4.74 Å². The van der Waals surface area contributed by atoms with Gasteiger partial charge in [-0.25, -0.2) is 4.98 Å². The highest BCUT2D eigenvalue weighted by atomic mass is 127. The first-order chi connectivity index (χ1) is 6.84. The molecule has 0 unspecified atom stereocenters. The van der Waals surface area contributed by atoms with Gasteiger partial charge >= 0.3 is 0 Å². The lowest BCUT2D eigenvalue weighted by Crippen LogP contribution is -1.87. The van der Waals surface area contributed by atoms with Gasteiger partial charge in [0.15, 0.2) is 0 Å². The van der Waals surface area contributed by atoms with Crippen LogP contribution in [0.3, 0.4) is 0 Å². The molecule has 2 rings (SSSR count). The van der Waals surface area contributed by atoms with Gasteiger partial charge in [-0.2, -0.15) is 0 Å². The second-order valence-electron chi connectivity index (χ2n) is 2.60. The lowest BCUT2D eigenvalue weighted by atomic mass is 10.3. The van der Waals surface area contributed by atoms with Crippen LogP contribution in [0.2, 0.25) is 0 Å². The zero-order valence-electron chi connectivity index (χ0n) is 7.22. The molecule has 14 heavy (non-hydrogen) atoms. The Morgan fingerprint density at radius 3 is 2.50 bits per heavy atom. The third-order valence-corrected chi connectivity index (χ3v) is 2.29. The van der Waals surface area contributed by atoms with E-state index in [9.17, 15) is 0 Å². The minimum Gasteiger partial charge on any atom is -0.438 e. The third-order valence-electron chi connectivity index (χ3n) is 1.58. The summed E-state index contributed by atoms with van der Waals surface area (Å²) in [7, 11) is 0. The molecular formula is C10H7IN2O. The van der Waals surface area contributed by atoms with Gasteiger partial charge < -0.3 is 4.74 Å². The highest BCUT2D eigenvalue weighted by Crippen LogP contribution is 2.18. The summed E-state index contributed by atoms with van der Waals surface area (Å²) in [6.07, 6.45) is 4.79. The number of ether oxygens (including phenoxy) is 1. The van der Waals surface area contributed by atoms with Gasteiger partial charge in [0.1, 0.15) is 5.75 Å². The largest absolute Gasteiger partial charge is 0.438 e. The molecule has 0 amide bonds. The van der Waals surface area contributed by atoms with Gasteiger partial charge in [-0.1, -0.05) is 0 Å². The molecule has 2 aromatic rings. The van der Waals surface area contributed by atoms with Crippen LogP contribution in [-0.2, 0) is 0 Å². The predicted molar refractivity (Wildman–Crippen MR) is 61.3 cm³/mol. The van der Waals surface area contributed by atoms with Crippen molar-refractivity contribution in [2.75, 3.05) is 0 Å². The molecule has 0 bridgehead atoms.